The van der Waals surface area contributed by atoms with Gasteiger partial charge in [0.05, 0.1) is 5.92 Å². The number of carbonyl (C=O) groups excluding carboxylic acids is 2. The average molecular weight is 292 g/mol. The van der Waals surface area contributed by atoms with Crippen LogP contribution in [0.2, 0.25) is 0 Å². The topological polar surface area (TPSA) is 52.6 Å². The van der Waals surface area contributed by atoms with Crippen molar-refractivity contribution in [3.8, 4) is 0 Å². The number of hydrogen-bond acceptors (Lipinski definition) is 4. The van der Waals surface area contributed by atoms with Crippen molar-refractivity contribution in [3.05, 3.63) is 12.2 Å². The van der Waals surface area contributed by atoms with Crippen molar-refractivity contribution in [1.82, 2.24) is 0 Å². The van der Waals surface area contributed by atoms with Gasteiger partial charge < -0.3 is 9.47 Å². The highest BCUT2D eigenvalue weighted by molar-refractivity contribution is 5.75. The Labute approximate surface area is 125 Å². The number of fused-ring (bicyclic) bond motifs is 3. The minimum Gasteiger partial charge on any atom is -0.462 e. The molecular formula is C17H24O4. The van der Waals surface area contributed by atoms with Crippen LogP contribution in [-0.4, -0.2) is 24.1 Å². The summed E-state index contributed by atoms with van der Waals surface area (Å²) in [4.78, 5) is 23.4. The van der Waals surface area contributed by atoms with Gasteiger partial charge in [-0.1, -0.05) is 26.0 Å². The predicted octanol–water partition coefficient (Wildman–Crippen LogP) is 2.86. The first-order valence-corrected chi connectivity index (χ1v) is 7.90. The predicted molar refractivity (Wildman–Crippen MR) is 77.3 cm³/mol. The summed E-state index contributed by atoms with van der Waals surface area (Å²) >= 11 is 0. The van der Waals surface area contributed by atoms with Crippen LogP contribution >= 0.6 is 0 Å². The molecule has 6 unspecified atom stereocenters. The molecule has 116 valence electrons. The summed E-state index contributed by atoms with van der Waals surface area (Å²) < 4.78 is 11.3. The standard InChI is InChI=1S/C17H24O4/c1-9-5-6-13(20-11(3)18)17(4)8-7-12-10(2)16(19)21-15(12)14(9)17/h10,12-15H,1,5-8H2,2-4H3. The van der Waals surface area contributed by atoms with Gasteiger partial charge in [-0.3, -0.25) is 9.59 Å². The monoisotopic (exact) mass is 292 g/mol. The van der Waals surface area contributed by atoms with Gasteiger partial charge in [0.1, 0.15) is 12.2 Å². The van der Waals surface area contributed by atoms with E-state index in [4.69, 9.17) is 9.47 Å². The molecule has 0 radical (unpaired) electrons. The van der Waals surface area contributed by atoms with E-state index in [1.54, 1.807) is 0 Å². The molecule has 4 nitrogen and oxygen atoms in total. The van der Waals surface area contributed by atoms with Crippen LogP contribution in [0.15, 0.2) is 12.2 Å². The fourth-order valence-corrected chi connectivity index (χ4v) is 4.78. The highest BCUT2D eigenvalue weighted by Crippen LogP contribution is 2.58. The van der Waals surface area contributed by atoms with Crippen LogP contribution in [0.3, 0.4) is 0 Å². The summed E-state index contributed by atoms with van der Waals surface area (Å²) in [7, 11) is 0. The highest BCUT2D eigenvalue weighted by Gasteiger charge is 2.59. The Balaban J connectivity index is 1.93. The minimum absolute atomic E-state index is 0.0264. The van der Waals surface area contributed by atoms with Gasteiger partial charge in [-0.15, -0.1) is 0 Å². The summed E-state index contributed by atoms with van der Waals surface area (Å²) in [5.74, 6) is 0.0520. The van der Waals surface area contributed by atoms with Gasteiger partial charge in [-0.25, -0.2) is 0 Å². The third kappa shape index (κ3) is 2.11. The lowest BCUT2D eigenvalue weighted by atomic mass is 9.54. The fraction of sp³-hybridized carbons (Fsp3) is 0.765. The summed E-state index contributed by atoms with van der Waals surface area (Å²) in [5.41, 5.74) is 0.990. The largest absolute Gasteiger partial charge is 0.462 e. The van der Waals surface area contributed by atoms with E-state index >= 15 is 0 Å². The molecule has 0 aromatic carbocycles. The van der Waals surface area contributed by atoms with E-state index in [1.807, 2.05) is 6.92 Å². The Morgan fingerprint density at radius 1 is 1.43 bits per heavy atom. The molecule has 0 bridgehead atoms. The van der Waals surface area contributed by atoms with E-state index in [2.05, 4.69) is 13.5 Å². The van der Waals surface area contributed by atoms with E-state index in [9.17, 15) is 9.59 Å². The number of ether oxygens (including phenoxy) is 2. The maximum absolute atomic E-state index is 11.9. The SMILES string of the molecule is C=C1CCC(OC(C)=O)C2(C)CCC3C(C)C(=O)OC3C12. The molecule has 4 heteroatoms. The summed E-state index contributed by atoms with van der Waals surface area (Å²) in [5, 5.41) is 0. The van der Waals surface area contributed by atoms with Crippen LogP contribution in [0.5, 0.6) is 0 Å². The van der Waals surface area contributed by atoms with Gasteiger partial charge in [0.25, 0.3) is 0 Å². The zero-order chi connectivity index (χ0) is 15.4. The first-order valence-electron chi connectivity index (χ1n) is 7.90. The van der Waals surface area contributed by atoms with Crippen molar-refractivity contribution < 1.29 is 19.1 Å². The van der Waals surface area contributed by atoms with E-state index in [1.165, 1.54) is 6.92 Å². The van der Waals surface area contributed by atoms with Gasteiger partial charge in [0, 0.05) is 24.2 Å². The summed E-state index contributed by atoms with van der Waals surface area (Å²) in [6.45, 7) is 9.83. The number of carbonyl (C=O) groups is 2. The lowest BCUT2D eigenvalue weighted by Crippen LogP contribution is -2.54. The molecule has 2 saturated carbocycles. The second kappa shape index (κ2) is 4.85. The van der Waals surface area contributed by atoms with E-state index in [-0.39, 0.29) is 47.3 Å². The Hall–Kier alpha value is -1.32. The van der Waals surface area contributed by atoms with Crippen LogP contribution in [0, 0.1) is 23.2 Å². The Morgan fingerprint density at radius 3 is 2.81 bits per heavy atom. The molecule has 0 aromatic rings. The van der Waals surface area contributed by atoms with Crippen molar-refractivity contribution in [2.75, 3.05) is 0 Å². The fourth-order valence-electron chi connectivity index (χ4n) is 4.78. The van der Waals surface area contributed by atoms with Crippen molar-refractivity contribution in [1.29, 1.82) is 0 Å². The van der Waals surface area contributed by atoms with Gasteiger partial charge in [-0.2, -0.15) is 0 Å². The quantitative estimate of drug-likeness (QED) is 0.551. The van der Waals surface area contributed by atoms with Crippen molar-refractivity contribution in [2.45, 2.75) is 58.7 Å². The smallest absolute Gasteiger partial charge is 0.309 e. The zero-order valence-corrected chi connectivity index (χ0v) is 13.1. The summed E-state index contributed by atoms with van der Waals surface area (Å²) in [6.07, 6.45) is 3.39. The van der Waals surface area contributed by atoms with E-state index < -0.39 is 0 Å². The number of esters is 2. The maximum atomic E-state index is 11.9. The Morgan fingerprint density at radius 2 is 2.14 bits per heavy atom. The normalized spacial score (nSPS) is 45.6. The molecule has 21 heavy (non-hydrogen) atoms. The molecule has 6 atom stereocenters. The molecular weight excluding hydrogens is 268 g/mol. The molecule has 3 aliphatic rings. The molecule has 1 heterocycles. The highest BCUT2D eigenvalue weighted by atomic mass is 16.6. The zero-order valence-electron chi connectivity index (χ0n) is 13.1. The van der Waals surface area contributed by atoms with Crippen molar-refractivity contribution in [3.63, 3.8) is 0 Å². The van der Waals surface area contributed by atoms with E-state index in [0.717, 1.165) is 31.3 Å². The van der Waals surface area contributed by atoms with Crippen LogP contribution in [0.1, 0.15) is 46.5 Å². The third-order valence-corrected chi connectivity index (χ3v) is 5.95. The van der Waals surface area contributed by atoms with Crippen LogP contribution in [0.25, 0.3) is 0 Å². The molecule has 1 saturated heterocycles. The summed E-state index contributed by atoms with van der Waals surface area (Å²) in [6, 6.07) is 0. The molecule has 1 aliphatic heterocycles. The first kappa shape index (κ1) is 14.6. The molecule has 0 N–H and O–H groups in total. The molecule has 3 rings (SSSR count). The molecule has 0 amide bonds. The van der Waals surface area contributed by atoms with Crippen LogP contribution in [0.4, 0.5) is 0 Å². The van der Waals surface area contributed by atoms with Gasteiger partial charge in [-0.05, 0) is 25.7 Å². The lowest BCUT2D eigenvalue weighted by molar-refractivity contribution is -0.171. The van der Waals surface area contributed by atoms with Crippen LogP contribution < -0.4 is 0 Å². The first-order chi connectivity index (χ1) is 9.84. The van der Waals surface area contributed by atoms with Crippen molar-refractivity contribution in [2.24, 2.45) is 23.2 Å². The molecule has 3 fully saturated rings. The number of rotatable bonds is 1. The van der Waals surface area contributed by atoms with Crippen LogP contribution in [-0.2, 0) is 19.1 Å². The minimum atomic E-state index is -0.230. The Kier molecular flexibility index (Phi) is 3.38. The second-order valence-electron chi connectivity index (χ2n) is 7.17. The Bertz CT molecular complexity index is 497. The molecule has 0 aromatic heterocycles. The van der Waals surface area contributed by atoms with Gasteiger partial charge in [0.15, 0.2) is 0 Å². The van der Waals surface area contributed by atoms with E-state index in [0.29, 0.717) is 0 Å². The lowest BCUT2D eigenvalue weighted by Gasteiger charge is -2.53. The third-order valence-electron chi connectivity index (χ3n) is 5.95. The molecule has 2 aliphatic carbocycles. The molecule has 0 spiro atoms. The second-order valence-corrected chi connectivity index (χ2v) is 7.17. The number of hydrogen-bond donors (Lipinski definition) is 0. The maximum Gasteiger partial charge on any atom is 0.309 e. The average Bonchev–Trinajstić information content (AvgIpc) is 2.68. The van der Waals surface area contributed by atoms with Gasteiger partial charge >= 0.3 is 11.9 Å². The van der Waals surface area contributed by atoms with Crippen molar-refractivity contribution >= 4 is 11.9 Å². The van der Waals surface area contributed by atoms with Gasteiger partial charge in [0.2, 0.25) is 0 Å².